The van der Waals surface area contributed by atoms with E-state index in [-0.39, 0.29) is 6.10 Å². The van der Waals surface area contributed by atoms with Crippen LogP contribution in [0.4, 0.5) is 0 Å². The van der Waals surface area contributed by atoms with Gasteiger partial charge in [0.1, 0.15) is 23.9 Å². The Labute approximate surface area is 164 Å². The maximum absolute atomic E-state index is 10.7. The van der Waals surface area contributed by atoms with Crippen LogP contribution in [0.2, 0.25) is 0 Å². The molecule has 3 aromatic rings. The summed E-state index contributed by atoms with van der Waals surface area (Å²) in [4.78, 5) is 0. The minimum absolute atomic E-state index is 0.0746. The highest BCUT2D eigenvalue weighted by Crippen LogP contribution is 2.46. The van der Waals surface area contributed by atoms with Crippen molar-refractivity contribution in [2.24, 2.45) is 0 Å². The zero-order valence-electron chi connectivity index (χ0n) is 16.3. The fourth-order valence-electron chi connectivity index (χ4n) is 3.76. The molecule has 2 unspecified atom stereocenters. The summed E-state index contributed by atoms with van der Waals surface area (Å²) in [6, 6.07) is 15.8. The highest BCUT2D eigenvalue weighted by molar-refractivity contribution is 5.97. The van der Waals surface area contributed by atoms with E-state index in [0.29, 0.717) is 35.8 Å². The molecule has 0 saturated carbocycles. The average Bonchev–Trinajstić information content (AvgIpc) is 2.70. The van der Waals surface area contributed by atoms with E-state index in [1.54, 1.807) is 14.2 Å². The zero-order chi connectivity index (χ0) is 19.7. The van der Waals surface area contributed by atoms with Crippen LogP contribution in [0.1, 0.15) is 29.9 Å². The third-order valence-corrected chi connectivity index (χ3v) is 5.05. The Hall–Kier alpha value is -2.76. The SMILES string of the molecule is COc1cc(OC)c2c(OCc3ccccc3)c3c(cc2c1)CC(C)OC3O. The molecule has 0 fully saturated rings. The van der Waals surface area contributed by atoms with Crippen molar-refractivity contribution in [3.63, 3.8) is 0 Å². The summed E-state index contributed by atoms with van der Waals surface area (Å²) in [7, 11) is 3.25. The molecule has 146 valence electrons. The van der Waals surface area contributed by atoms with Crippen LogP contribution in [-0.4, -0.2) is 25.4 Å². The normalized spacial score (nSPS) is 18.6. The van der Waals surface area contributed by atoms with Gasteiger partial charge in [0.2, 0.25) is 0 Å². The molecule has 0 aliphatic carbocycles. The van der Waals surface area contributed by atoms with Crippen LogP contribution >= 0.6 is 0 Å². The van der Waals surface area contributed by atoms with Gasteiger partial charge in [-0.3, -0.25) is 0 Å². The van der Waals surface area contributed by atoms with Crippen LogP contribution in [0.5, 0.6) is 17.2 Å². The van der Waals surface area contributed by atoms with E-state index in [9.17, 15) is 5.11 Å². The Balaban J connectivity index is 1.91. The van der Waals surface area contributed by atoms with Gasteiger partial charge in [-0.1, -0.05) is 36.4 Å². The topological polar surface area (TPSA) is 57.2 Å². The fourth-order valence-corrected chi connectivity index (χ4v) is 3.76. The molecule has 0 bridgehead atoms. The zero-order valence-corrected chi connectivity index (χ0v) is 16.3. The Morgan fingerprint density at radius 3 is 2.57 bits per heavy atom. The molecule has 5 heteroatoms. The summed E-state index contributed by atoms with van der Waals surface area (Å²) in [6.45, 7) is 2.33. The molecule has 1 heterocycles. The van der Waals surface area contributed by atoms with E-state index in [4.69, 9.17) is 18.9 Å². The minimum Gasteiger partial charge on any atom is -0.497 e. The van der Waals surface area contributed by atoms with E-state index in [1.807, 2.05) is 49.4 Å². The summed E-state index contributed by atoms with van der Waals surface area (Å²) in [5.41, 5.74) is 2.72. The highest BCUT2D eigenvalue weighted by atomic mass is 16.6. The first-order valence-electron chi connectivity index (χ1n) is 9.32. The van der Waals surface area contributed by atoms with E-state index >= 15 is 0 Å². The van der Waals surface area contributed by atoms with Crippen molar-refractivity contribution < 1.29 is 24.1 Å². The van der Waals surface area contributed by atoms with Gasteiger partial charge in [-0.05, 0) is 35.9 Å². The van der Waals surface area contributed by atoms with E-state index < -0.39 is 6.29 Å². The standard InChI is InChI=1S/C23H24O5/c1-14-9-16-10-17-11-18(25-2)12-19(26-3)20(17)22(21(16)23(24)28-14)27-13-15-7-5-4-6-8-15/h4-8,10-12,14,23-24H,9,13H2,1-3H3. The second kappa shape index (κ2) is 7.70. The van der Waals surface area contributed by atoms with Gasteiger partial charge in [-0.25, -0.2) is 0 Å². The van der Waals surface area contributed by atoms with Crippen molar-refractivity contribution in [3.8, 4) is 17.2 Å². The maximum Gasteiger partial charge on any atom is 0.185 e. The average molecular weight is 380 g/mol. The van der Waals surface area contributed by atoms with E-state index in [2.05, 4.69) is 6.07 Å². The molecule has 1 aliphatic heterocycles. The van der Waals surface area contributed by atoms with Crippen molar-refractivity contribution in [3.05, 3.63) is 65.2 Å². The molecular weight excluding hydrogens is 356 g/mol. The number of fused-ring (bicyclic) bond motifs is 2. The molecule has 0 aromatic heterocycles. The molecule has 0 radical (unpaired) electrons. The van der Waals surface area contributed by atoms with Gasteiger partial charge in [0.15, 0.2) is 6.29 Å². The molecule has 0 saturated heterocycles. The lowest BCUT2D eigenvalue weighted by atomic mass is 9.92. The number of rotatable bonds is 5. The molecule has 1 N–H and O–H groups in total. The summed E-state index contributed by atoms with van der Waals surface area (Å²) in [6.07, 6.45) is -0.418. The smallest absolute Gasteiger partial charge is 0.185 e. The number of methoxy groups -OCH3 is 2. The lowest BCUT2D eigenvalue weighted by Crippen LogP contribution is -2.24. The monoisotopic (exact) mass is 380 g/mol. The Morgan fingerprint density at radius 2 is 1.86 bits per heavy atom. The molecule has 3 aromatic carbocycles. The number of benzene rings is 3. The predicted octanol–water partition coefficient (Wildman–Crippen LogP) is 4.39. The summed E-state index contributed by atoms with van der Waals surface area (Å²) >= 11 is 0. The lowest BCUT2D eigenvalue weighted by Gasteiger charge is -2.30. The molecule has 28 heavy (non-hydrogen) atoms. The maximum atomic E-state index is 10.7. The molecule has 0 spiro atoms. The summed E-state index contributed by atoms with van der Waals surface area (Å²) in [5, 5.41) is 12.4. The fraction of sp³-hybridized carbons (Fsp3) is 0.304. The number of ether oxygens (including phenoxy) is 4. The van der Waals surface area contributed by atoms with Gasteiger partial charge in [-0.2, -0.15) is 0 Å². The van der Waals surface area contributed by atoms with Crippen LogP contribution in [-0.2, 0) is 17.8 Å². The van der Waals surface area contributed by atoms with Crippen molar-refractivity contribution >= 4 is 10.8 Å². The minimum atomic E-state index is -1.04. The molecule has 5 nitrogen and oxygen atoms in total. The first-order valence-corrected chi connectivity index (χ1v) is 9.32. The second-order valence-electron chi connectivity index (χ2n) is 6.98. The third kappa shape index (κ3) is 3.39. The van der Waals surface area contributed by atoms with Crippen LogP contribution in [0.25, 0.3) is 10.8 Å². The van der Waals surface area contributed by atoms with Crippen LogP contribution in [0.3, 0.4) is 0 Å². The van der Waals surface area contributed by atoms with Crippen molar-refractivity contribution in [2.75, 3.05) is 14.2 Å². The van der Waals surface area contributed by atoms with E-state index in [1.165, 1.54) is 0 Å². The van der Waals surface area contributed by atoms with Gasteiger partial charge < -0.3 is 24.1 Å². The van der Waals surface area contributed by atoms with Crippen molar-refractivity contribution in [1.82, 2.24) is 0 Å². The molecule has 1 aliphatic rings. The predicted molar refractivity (Wildman–Crippen MR) is 107 cm³/mol. The number of hydrogen-bond donors (Lipinski definition) is 1. The molecule has 4 rings (SSSR count). The Morgan fingerprint density at radius 1 is 1.07 bits per heavy atom. The van der Waals surface area contributed by atoms with Crippen LogP contribution in [0.15, 0.2) is 48.5 Å². The Kier molecular flexibility index (Phi) is 5.11. The number of aliphatic hydroxyl groups excluding tert-OH is 1. The lowest BCUT2D eigenvalue weighted by molar-refractivity contribution is -0.144. The third-order valence-electron chi connectivity index (χ3n) is 5.05. The first kappa shape index (κ1) is 18.6. The van der Waals surface area contributed by atoms with Crippen LogP contribution < -0.4 is 14.2 Å². The largest absolute Gasteiger partial charge is 0.497 e. The number of aliphatic hydroxyl groups is 1. The molecule has 2 atom stereocenters. The van der Waals surface area contributed by atoms with Gasteiger partial charge in [0.05, 0.1) is 31.3 Å². The second-order valence-corrected chi connectivity index (χ2v) is 6.98. The van der Waals surface area contributed by atoms with Gasteiger partial charge >= 0.3 is 0 Å². The Bertz CT molecular complexity index is 983. The van der Waals surface area contributed by atoms with Gasteiger partial charge in [-0.15, -0.1) is 0 Å². The summed E-state index contributed by atoms with van der Waals surface area (Å²) < 4.78 is 23.0. The number of hydrogen-bond acceptors (Lipinski definition) is 5. The van der Waals surface area contributed by atoms with Crippen LogP contribution in [0, 0.1) is 0 Å². The van der Waals surface area contributed by atoms with E-state index in [0.717, 1.165) is 21.9 Å². The molecule has 0 amide bonds. The first-order chi connectivity index (χ1) is 13.6. The summed E-state index contributed by atoms with van der Waals surface area (Å²) in [5.74, 6) is 1.93. The van der Waals surface area contributed by atoms with Gasteiger partial charge in [0.25, 0.3) is 0 Å². The molecular formula is C23H24O5. The van der Waals surface area contributed by atoms with Crippen molar-refractivity contribution in [1.29, 1.82) is 0 Å². The van der Waals surface area contributed by atoms with Crippen molar-refractivity contribution in [2.45, 2.75) is 32.3 Å². The van der Waals surface area contributed by atoms with Gasteiger partial charge in [0, 0.05) is 6.07 Å². The quantitative estimate of drug-likeness (QED) is 0.711. The highest BCUT2D eigenvalue weighted by Gasteiger charge is 2.30.